The molecule has 0 spiro atoms. The number of halogens is 1. The van der Waals surface area contributed by atoms with Crippen molar-refractivity contribution in [1.29, 1.82) is 0 Å². The summed E-state index contributed by atoms with van der Waals surface area (Å²) in [5.74, 6) is -0.398. The predicted molar refractivity (Wildman–Crippen MR) is 100 cm³/mol. The minimum Gasteiger partial charge on any atom is -0.453 e. The van der Waals surface area contributed by atoms with E-state index in [1.54, 1.807) is 13.0 Å². The van der Waals surface area contributed by atoms with Gasteiger partial charge >= 0.3 is 12.2 Å². The molecule has 1 fully saturated rings. The first-order valence-corrected chi connectivity index (χ1v) is 8.81. The minimum absolute atomic E-state index is 0.143. The van der Waals surface area contributed by atoms with Gasteiger partial charge in [0.25, 0.3) is 0 Å². The van der Waals surface area contributed by atoms with Crippen molar-refractivity contribution in [3.05, 3.63) is 41.2 Å². The van der Waals surface area contributed by atoms with Crippen LogP contribution in [0.5, 0.6) is 0 Å². The molecule has 2 atom stereocenters. The summed E-state index contributed by atoms with van der Waals surface area (Å²) in [5.41, 5.74) is 0.875. The number of hydrogen-bond acceptors (Lipinski definition) is 8. The van der Waals surface area contributed by atoms with Crippen LogP contribution in [0.25, 0.3) is 0 Å². The van der Waals surface area contributed by atoms with Crippen LogP contribution in [-0.4, -0.2) is 43.7 Å². The van der Waals surface area contributed by atoms with Crippen LogP contribution in [0.3, 0.4) is 0 Å². The van der Waals surface area contributed by atoms with Crippen molar-refractivity contribution in [1.82, 2.24) is 5.32 Å². The van der Waals surface area contributed by atoms with Gasteiger partial charge in [-0.05, 0) is 25.1 Å². The standard InChI is InChI=1S/C16H19FN4O5S/c1-9(8-27-20-24)18-13-5-4-11(6-12(13)17)21-7-14(26-16(21)23)10(2)19-15(22)25-3/h4-6,10,14,18H,1,7-8H2,2-3H3,(H,19,22). The quantitative estimate of drug-likeness (QED) is 0.511. The van der Waals surface area contributed by atoms with Crippen LogP contribution in [-0.2, 0) is 9.47 Å². The number of carbonyl (C=O) groups is 2. The van der Waals surface area contributed by atoms with Crippen LogP contribution < -0.4 is 15.5 Å². The number of benzene rings is 1. The van der Waals surface area contributed by atoms with Crippen molar-refractivity contribution in [2.45, 2.75) is 19.1 Å². The molecule has 1 aliphatic rings. The van der Waals surface area contributed by atoms with Gasteiger partial charge in [-0.15, -0.1) is 4.91 Å². The SMILES string of the molecule is C=C(CSN=O)Nc1ccc(N2CC(C(C)NC(=O)OC)OC2=O)cc1F. The summed E-state index contributed by atoms with van der Waals surface area (Å²) in [6.07, 6.45) is -1.89. The minimum atomic E-state index is -0.642. The molecule has 2 N–H and O–H groups in total. The van der Waals surface area contributed by atoms with Gasteiger partial charge in [0.2, 0.25) is 0 Å². The molecule has 0 aliphatic carbocycles. The lowest BCUT2D eigenvalue weighted by atomic mass is 10.2. The van der Waals surface area contributed by atoms with E-state index in [9.17, 15) is 18.9 Å². The molecular weight excluding hydrogens is 379 g/mol. The fraction of sp³-hybridized carbons (Fsp3) is 0.375. The summed E-state index contributed by atoms with van der Waals surface area (Å²) in [5, 5.41) is 5.28. The fourth-order valence-corrected chi connectivity index (χ4v) is 2.68. The van der Waals surface area contributed by atoms with Crippen molar-refractivity contribution in [3.63, 3.8) is 0 Å². The number of amides is 2. The zero-order valence-electron chi connectivity index (χ0n) is 14.7. The summed E-state index contributed by atoms with van der Waals surface area (Å²) in [6, 6.07) is 3.70. The molecule has 0 radical (unpaired) electrons. The Morgan fingerprint density at radius 3 is 2.96 bits per heavy atom. The van der Waals surface area contributed by atoms with Crippen LogP contribution in [0.1, 0.15) is 6.92 Å². The molecule has 146 valence electrons. The first-order chi connectivity index (χ1) is 12.8. The van der Waals surface area contributed by atoms with Gasteiger partial charge in [0.1, 0.15) is 11.9 Å². The second-order valence-electron chi connectivity index (χ2n) is 5.70. The van der Waals surface area contributed by atoms with E-state index in [1.165, 1.54) is 24.1 Å². The average Bonchev–Trinajstić information content (AvgIpc) is 3.03. The second-order valence-corrected chi connectivity index (χ2v) is 6.39. The lowest BCUT2D eigenvalue weighted by Crippen LogP contribution is -2.43. The molecule has 1 heterocycles. The highest BCUT2D eigenvalue weighted by atomic mass is 32.2. The van der Waals surface area contributed by atoms with E-state index < -0.39 is 30.1 Å². The Bertz CT molecular complexity index is 748. The van der Waals surface area contributed by atoms with Crippen molar-refractivity contribution in [3.8, 4) is 0 Å². The summed E-state index contributed by atoms with van der Waals surface area (Å²) in [7, 11) is 1.23. The number of nitrogens with one attached hydrogen (secondary N) is 2. The maximum atomic E-state index is 14.3. The molecule has 0 aromatic heterocycles. The Kier molecular flexibility index (Phi) is 6.99. The molecule has 0 saturated carbocycles. The molecule has 1 aromatic carbocycles. The molecule has 0 bridgehead atoms. The maximum absolute atomic E-state index is 14.3. The van der Waals surface area contributed by atoms with Crippen LogP contribution in [0, 0.1) is 10.7 Å². The highest BCUT2D eigenvalue weighted by Gasteiger charge is 2.36. The number of nitroso groups, excluding NO2 is 1. The molecule has 2 amide bonds. The van der Waals surface area contributed by atoms with Gasteiger partial charge < -0.3 is 20.1 Å². The Morgan fingerprint density at radius 2 is 2.33 bits per heavy atom. The molecule has 27 heavy (non-hydrogen) atoms. The van der Waals surface area contributed by atoms with Gasteiger partial charge in [-0.2, -0.15) is 0 Å². The molecule has 1 aliphatic heterocycles. The third-order valence-electron chi connectivity index (χ3n) is 3.79. The fourth-order valence-electron chi connectivity index (χ4n) is 2.40. The molecule has 9 nitrogen and oxygen atoms in total. The Morgan fingerprint density at radius 1 is 1.59 bits per heavy atom. The van der Waals surface area contributed by atoms with Crippen LogP contribution >= 0.6 is 11.9 Å². The number of rotatable bonds is 8. The number of carbonyl (C=O) groups excluding carboxylic acids is 2. The summed E-state index contributed by atoms with van der Waals surface area (Å²) in [4.78, 5) is 34.7. The molecular formula is C16H19FN4O5S. The van der Waals surface area contributed by atoms with E-state index in [1.807, 2.05) is 0 Å². The third-order valence-corrected chi connectivity index (χ3v) is 4.37. The lowest BCUT2D eigenvalue weighted by Gasteiger charge is -2.18. The first kappa shape index (κ1) is 20.5. The summed E-state index contributed by atoms with van der Waals surface area (Å²) >= 11 is 0.750. The summed E-state index contributed by atoms with van der Waals surface area (Å²) < 4.78 is 26.7. The number of ether oxygens (including phenoxy) is 2. The van der Waals surface area contributed by atoms with Crippen molar-refractivity contribution in [2.24, 2.45) is 4.58 Å². The van der Waals surface area contributed by atoms with E-state index in [0.717, 1.165) is 11.9 Å². The number of alkyl carbamates (subject to hydrolysis) is 1. The van der Waals surface area contributed by atoms with Gasteiger partial charge in [0.15, 0.2) is 0 Å². The zero-order chi connectivity index (χ0) is 20.0. The monoisotopic (exact) mass is 398 g/mol. The first-order valence-electron chi connectivity index (χ1n) is 7.87. The van der Waals surface area contributed by atoms with E-state index >= 15 is 0 Å². The predicted octanol–water partition coefficient (Wildman–Crippen LogP) is 3.24. The lowest BCUT2D eigenvalue weighted by molar-refractivity contribution is 0.113. The van der Waals surface area contributed by atoms with Crippen LogP contribution in [0.4, 0.5) is 25.4 Å². The molecule has 2 rings (SSSR count). The number of anilines is 2. The van der Waals surface area contributed by atoms with Crippen molar-refractivity contribution in [2.75, 3.05) is 29.6 Å². The van der Waals surface area contributed by atoms with Crippen LogP contribution in [0.15, 0.2) is 35.1 Å². The molecule has 1 saturated heterocycles. The van der Waals surface area contributed by atoms with E-state index in [-0.39, 0.29) is 18.0 Å². The van der Waals surface area contributed by atoms with Gasteiger partial charge in [-0.3, -0.25) is 4.90 Å². The third kappa shape index (κ3) is 5.33. The summed E-state index contributed by atoms with van der Waals surface area (Å²) in [6.45, 7) is 5.49. The molecule has 11 heteroatoms. The Balaban J connectivity index is 2.04. The van der Waals surface area contributed by atoms with Crippen molar-refractivity contribution >= 4 is 35.5 Å². The maximum Gasteiger partial charge on any atom is 0.414 e. The zero-order valence-corrected chi connectivity index (χ0v) is 15.5. The number of nitrogens with zero attached hydrogens (tertiary/aromatic N) is 2. The van der Waals surface area contributed by atoms with Crippen LogP contribution in [0.2, 0.25) is 0 Å². The molecule has 2 unspecified atom stereocenters. The molecule has 1 aromatic rings. The highest BCUT2D eigenvalue weighted by molar-refractivity contribution is 7.98. The average molecular weight is 398 g/mol. The van der Waals surface area contributed by atoms with E-state index in [0.29, 0.717) is 11.4 Å². The smallest absolute Gasteiger partial charge is 0.414 e. The van der Waals surface area contributed by atoms with E-state index in [2.05, 4.69) is 26.5 Å². The highest BCUT2D eigenvalue weighted by Crippen LogP contribution is 2.27. The Labute approximate surface area is 159 Å². The van der Waals surface area contributed by atoms with Gasteiger partial charge in [-0.25, -0.2) is 14.0 Å². The van der Waals surface area contributed by atoms with Crippen molar-refractivity contribution < 1.29 is 23.5 Å². The largest absolute Gasteiger partial charge is 0.453 e. The normalized spacial score (nSPS) is 17.1. The number of cyclic esters (lactones) is 1. The van der Waals surface area contributed by atoms with Gasteiger partial charge in [-0.1, -0.05) is 6.58 Å². The second kappa shape index (κ2) is 9.21. The van der Waals surface area contributed by atoms with Gasteiger partial charge in [0, 0.05) is 22.2 Å². The topological polar surface area (TPSA) is 109 Å². The van der Waals surface area contributed by atoms with E-state index in [4.69, 9.17) is 4.74 Å². The number of methoxy groups -OCH3 is 1. The number of hydrogen-bond donors (Lipinski definition) is 2. The van der Waals surface area contributed by atoms with Gasteiger partial charge in [0.05, 0.1) is 36.8 Å². The Hall–Kier alpha value is -2.82.